The molecule has 3 aromatic rings. The summed E-state index contributed by atoms with van der Waals surface area (Å²) >= 11 is 0. The van der Waals surface area contributed by atoms with E-state index in [1.165, 1.54) is 18.9 Å². The van der Waals surface area contributed by atoms with Gasteiger partial charge in [-0.2, -0.15) is 0 Å². The number of hydrogen-bond donors (Lipinski definition) is 1. The summed E-state index contributed by atoms with van der Waals surface area (Å²) < 4.78 is 12.0. The minimum absolute atomic E-state index is 0.164. The average molecular weight is 409 g/mol. The molecule has 1 fully saturated rings. The summed E-state index contributed by atoms with van der Waals surface area (Å²) in [6.45, 7) is 3.62. The summed E-state index contributed by atoms with van der Waals surface area (Å²) in [7, 11) is 1.41. The Hall–Kier alpha value is -3.06. The summed E-state index contributed by atoms with van der Waals surface area (Å²) in [6, 6.07) is 11.5. The molecular formula is C23H27N3O4. The first-order chi connectivity index (χ1) is 14.6. The van der Waals surface area contributed by atoms with Gasteiger partial charge in [-0.1, -0.05) is 18.2 Å². The number of piperidine rings is 1. The van der Waals surface area contributed by atoms with Gasteiger partial charge in [0.1, 0.15) is 6.54 Å². The van der Waals surface area contributed by atoms with E-state index < -0.39 is 0 Å². The summed E-state index contributed by atoms with van der Waals surface area (Å²) in [5.74, 6) is 0.331. The Balaban J connectivity index is 1.40. The van der Waals surface area contributed by atoms with Crippen molar-refractivity contribution in [3.8, 4) is 0 Å². The number of methoxy groups -OCH3 is 1. The predicted molar refractivity (Wildman–Crippen MR) is 113 cm³/mol. The number of carbonyl (C=O) groups is 2. The van der Waals surface area contributed by atoms with Gasteiger partial charge in [0.05, 0.1) is 13.4 Å². The number of furan rings is 1. The van der Waals surface area contributed by atoms with Gasteiger partial charge in [-0.3, -0.25) is 14.5 Å². The number of esters is 1. The van der Waals surface area contributed by atoms with Crippen molar-refractivity contribution in [2.24, 2.45) is 5.92 Å². The van der Waals surface area contributed by atoms with E-state index in [-0.39, 0.29) is 18.4 Å². The molecule has 1 N–H and O–H groups in total. The highest BCUT2D eigenvalue weighted by molar-refractivity contribution is 5.91. The molecule has 4 rings (SSSR count). The van der Waals surface area contributed by atoms with Gasteiger partial charge in [-0.15, -0.1) is 0 Å². The summed E-state index contributed by atoms with van der Waals surface area (Å²) in [5.41, 5.74) is 2.24. The van der Waals surface area contributed by atoms with Crippen LogP contribution in [0, 0.1) is 5.92 Å². The van der Waals surface area contributed by atoms with Crippen LogP contribution < -0.4 is 5.32 Å². The lowest BCUT2D eigenvalue weighted by Crippen LogP contribution is -2.40. The van der Waals surface area contributed by atoms with Crippen LogP contribution in [-0.4, -0.2) is 48.1 Å². The largest absolute Gasteiger partial charge is 0.468 e. The minimum Gasteiger partial charge on any atom is -0.468 e. The number of nitrogens with zero attached hydrogens (tertiary/aromatic N) is 2. The van der Waals surface area contributed by atoms with Crippen molar-refractivity contribution in [2.45, 2.75) is 25.9 Å². The quantitative estimate of drug-likeness (QED) is 0.607. The van der Waals surface area contributed by atoms with Gasteiger partial charge in [-0.05, 0) is 49.1 Å². The number of amides is 1. The number of aromatic nitrogens is 1. The molecule has 0 spiro atoms. The molecule has 1 aliphatic rings. The topological polar surface area (TPSA) is 76.7 Å². The molecule has 1 unspecified atom stereocenters. The highest BCUT2D eigenvalue weighted by Gasteiger charge is 2.22. The molecule has 0 radical (unpaired) electrons. The highest BCUT2D eigenvalue weighted by atomic mass is 16.5. The number of ether oxygens (including phenoxy) is 1. The number of para-hydroxylation sites is 1. The van der Waals surface area contributed by atoms with Crippen molar-refractivity contribution >= 4 is 22.8 Å². The SMILES string of the molecule is COC(=O)Cn1cc(CN2CCCC(CNC(=O)c3ccco3)C2)c2ccccc21. The minimum atomic E-state index is -0.257. The van der Waals surface area contributed by atoms with Crippen LogP contribution >= 0.6 is 0 Å². The number of benzene rings is 1. The first kappa shape index (κ1) is 20.2. The third-order valence-corrected chi connectivity index (χ3v) is 5.69. The van der Waals surface area contributed by atoms with E-state index in [4.69, 9.17) is 9.15 Å². The number of likely N-dealkylation sites (tertiary alicyclic amines) is 1. The molecule has 7 heteroatoms. The van der Waals surface area contributed by atoms with Gasteiger partial charge < -0.3 is 19.0 Å². The van der Waals surface area contributed by atoms with Crippen LogP contribution in [0.5, 0.6) is 0 Å². The zero-order valence-electron chi connectivity index (χ0n) is 17.2. The Morgan fingerprint density at radius 2 is 2.10 bits per heavy atom. The fourth-order valence-electron chi connectivity index (χ4n) is 4.22. The molecule has 3 heterocycles. The Labute approximate surface area is 175 Å². The van der Waals surface area contributed by atoms with E-state index in [1.54, 1.807) is 12.1 Å². The Kier molecular flexibility index (Phi) is 6.18. The molecule has 1 saturated heterocycles. The molecule has 1 atom stereocenters. The van der Waals surface area contributed by atoms with Crippen molar-refractivity contribution < 1.29 is 18.7 Å². The third kappa shape index (κ3) is 4.57. The zero-order valence-corrected chi connectivity index (χ0v) is 17.2. The molecule has 2 aromatic heterocycles. The number of nitrogens with one attached hydrogen (secondary N) is 1. The smallest absolute Gasteiger partial charge is 0.325 e. The number of fused-ring (bicyclic) bond motifs is 1. The maximum atomic E-state index is 12.1. The van der Waals surface area contributed by atoms with E-state index >= 15 is 0 Å². The van der Waals surface area contributed by atoms with Crippen molar-refractivity contribution in [1.82, 2.24) is 14.8 Å². The maximum absolute atomic E-state index is 12.1. The Morgan fingerprint density at radius 3 is 2.90 bits per heavy atom. The van der Waals surface area contributed by atoms with Gasteiger partial charge in [0, 0.05) is 36.7 Å². The Morgan fingerprint density at radius 1 is 1.23 bits per heavy atom. The van der Waals surface area contributed by atoms with Gasteiger partial charge >= 0.3 is 5.97 Å². The van der Waals surface area contributed by atoms with Crippen LogP contribution in [0.2, 0.25) is 0 Å². The zero-order chi connectivity index (χ0) is 20.9. The van der Waals surface area contributed by atoms with Crippen LogP contribution in [0.3, 0.4) is 0 Å². The van der Waals surface area contributed by atoms with E-state index in [0.29, 0.717) is 18.2 Å². The lowest BCUT2D eigenvalue weighted by Gasteiger charge is -2.32. The first-order valence-electron chi connectivity index (χ1n) is 10.3. The standard InChI is InChI=1S/C23H27N3O4/c1-29-22(27)16-26-15-18(19-7-2-3-8-20(19)26)14-25-10-4-6-17(13-25)12-24-23(28)21-9-5-11-30-21/h2-3,5,7-9,11,15,17H,4,6,10,12-14,16H2,1H3,(H,24,28). The second-order valence-electron chi connectivity index (χ2n) is 7.81. The third-order valence-electron chi connectivity index (χ3n) is 5.69. The van der Waals surface area contributed by atoms with Crippen molar-refractivity contribution in [3.63, 3.8) is 0 Å². The van der Waals surface area contributed by atoms with Gasteiger partial charge in [0.2, 0.25) is 0 Å². The number of carbonyl (C=O) groups excluding carboxylic acids is 2. The molecule has 0 aliphatic carbocycles. The van der Waals surface area contributed by atoms with E-state index in [1.807, 2.05) is 22.8 Å². The van der Waals surface area contributed by atoms with E-state index in [2.05, 4.69) is 22.5 Å². The number of hydrogen-bond acceptors (Lipinski definition) is 5. The van der Waals surface area contributed by atoms with Crippen molar-refractivity contribution in [3.05, 3.63) is 60.2 Å². The van der Waals surface area contributed by atoms with E-state index in [0.717, 1.165) is 43.4 Å². The normalized spacial score (nSPS) is 17.2. The lowest BCUT2D eigenvalue weighted by molar-refractivity contribution is -0.141. The molecule has 1 aromatic carbocycles. The van der Waals surface area contributed by atoms with Gasteiger partial charge in [-0.25, -0.2) is 0 Å². The summed E-state index contributed by atoms with van der Waals surface area (Å²) in [5, 5.41) is 4.15. The van der Waals surface area contributed by atoms with Crippen LogP contribution in [0.1, 0.15) is 29.0 Å². The van der Waals surface area contributed by atoms with Gasteiger partial charge in [0.25, 0.3) is 5.91 Å². The molecule has 30 heavy (non-hydrogen) atoms. The second kappa shape index (κ2) is 9.17. The average Bonchev–Trinajstić information content (AvgIpc) is 3.42. The van der Waals surface area contributed by atoms with Gasteiger partial charge in [0.15, 0.2) is 5.76 Å². The monoisotopic (exact) mass is 409 g/mol. The van der Waals surface area contributed by atoms with Crippen LogP contribution in [0.25, 0.3) is 10.9 Å². The fraction of sp³-hybridized carbons (Fsp3) is 0.391. The highest BCUT2D eigenvalue weighted by Crippen LogP contribution is 2.25. The lowest BCUT2D eigenvalue weighted by atomic mass is 9.97. The summed E-state index contributed by atoms with van der Waals surface area (Å²) in [6.07, 6.45) is 5.76. The molecule has 1 aliphatic heterocycles. The predicted octanol–water partition coefficient (Wildman–Crippen LogP) is 3.05. The maximum Gasteiger partial charge on any atom is 0.325 e. The second-order valence-corrected chi connectivity index (χ2v) is 7.81. The van der Waals surface area contributed by atoms with Crippen LogP contribution in [0.4, 0.5) is 0 Å². The van der Waals surface area contributed by atoms with Crippen molar-refractivity contribution in [1.29, 1.82) is 0 Å². The molecule has 0 bridgehead atoms. The van der Waals surface area contributed by atoms with E-state index in [9.17, 15) is 9.59 Å². The first-order valence-corrected chi connectivity index (χ1v) is 10.3. The fourth-order valence-corrected chi connectivity index (χ4v) is 4.22. The molecule has 7 nitrogen and oxygen atoms in total. The van der Waals surface area contributed by atoms with Crippen LogP contribution in [0.15, 0.2) is 53.3 Å². The van der Waals surface area contributed by atoms with Crippen LogP contribution in [-0.2, 0) is 22.6 Å². The molecule has 1 amide bonds. The molecule has 158 valence electrons. The molecule has 0 saturated carbocycles. The van der Waals surface area contributed by atoms with Crippen molar-refractivity contribution in [2.75, 3.05) is 26.7 Å². The Bertz CT molecular complexity index is 1010. The summed E-state index contributed by atoms with van der Waals surface area (Å²) in [4.78, 5) is 26.3. The molecular weight excluding hydrogens is 382 g/mol. The number of rotatable bonds is 7.